The minimum Gasteiger partial charge on any atom is -0.0620 e. The standard InChI is InChI=1S/C27H22/c1-18-11-13-20(14-12-18)24-15-16-25-23-10-6-4-8-21(23)17-26(25)27(24)22-9-5-3-7-19(22)2/h3-16H,17H2,1-2H3. The number of hydrogen-bond donors (Lipinski definition) is 0. The topological polar surface area (TPSA) is 0 Å². The summed E-state index contributed by atoms with van der Waals surface area (Å²) in [6.07, 6.45) is 1.01. The molecule has 130 valence electrons. The molecule has 0 aliphatic heterocycles. The largest absolute Gasteiger partial charge is 0.0620 e. The molecule has 5 rings (SSSR count). The van der Waals surface area contributed by atoms with Gasteiger partial charge in [-0.05, 0) is 70.3 Å². The lowest BCUT2D eigenvalue weighted by atomic mass is 9.86. The van der Waals surface area contributed by atoms with Crippen LogP contribution >= 0.6 is 0 Å². The summed E-state index contributed by atoms with van der Waals surface area (Å²) in [7, 11) is 0. The van der Waals surface area contributed by atoms with E-state index in [1.54, 1.807) is 0 Å². The van der Waals surface area contributed by atoms with Crippen LogP contribution in [-0.2, 0) is 6.42 Å². The fourth-order valence-electron chi connectivity index (χ4n) is 4.35. The maximum atomic E-state index is 2.32. The Balaban J connectivity index is 1.82. The molecule has 0 aromatic heterocycles. The highest BCUT2D eigenvalue weighted by molar-refractivity contribution is 5.94. The summed E-state index contributed by atoms with van der Waals surface area (Å²) in [6, 6.07) is 31.1. The van der Waals surface area contributed by atoms with Crippen molar-refractivity contribution in [2.24, 2.45) is 0 Å². The third-order valence-electron chi connectivity index (χ3n) is 5.76. The third kappa shape index (κ3) is 2.61. The molecule has 1 aliphatic carbocycles. The lowest BCUT2D eigenvalue weighted by Crippen LogP contribution is -1.95. The lowest BCUT2D eigenvalue weighted by molar-refractivity contribution is 1.26. The number of fused-ring (bicyclic) bond motifs is 3. The van der Waals surface area contributed by atoms with Gasteiger partial charge in [0.05, 0.1) is 0 Å². The normalized spacial score (nSPS) is 11.9. The van der Waals surface area contributed by atoms with E-state index in [9.17, 15) is 0 Å². The zero-order valence-electron chi connectivity index (χ0n) is 15.8. The van der Waals surface area contributed by atoms with Crippen molar-refractivity contribution in [2.75, 3.05) is 0 Å². The van der Waals surface area contributed by atoms with Crippen molar-refractivity contribution in [1.29, 1.82) is 0 Å². The van der Waals surface area contributed by atoms with Gasteiger partial charge in [0.1, 0.15) is 0 Å². The maximum absolute atomic E-state index is 2.32. The SMILES string of the molecule is Cc1ccc(-c2ccc3c(c2-c2ccccc2C)Cc2ccccc2-3)cc1. The van der Waals surface area contributed by atoms with E-state index in [2.05, 4.69) is 98.8 Å². The van der Waals surface area contributed by atoms with E-state index >= 15 is 0 Å². The second-order valence-corrected chi connectivity index (χ2v) is 7.53. The molecule has 0 heterocycles. The van der Waals surface area contributed by atoms with Crippen molar-refractivity contribution < 1.29 is 0 Å². The maximum Gasteiger partial charge on any atom is -0.000706 e. The van der Waals surface area contributed by atoms with Gasteiger partial charge in [-0.2, -0.15) is 0 Å². The van der Waals surface area contributed by atoms with Crippen LogP contribution in [0.2, 0.25) is 0 Å². The second kappa shape index (κ2) is 6.25. The van der Waals surface area contributed by atoms with Crippen LogP contribution in [0.15, 0.2) is 84.9 Å². The van der Waals surface area contributed by atoms with Gasteiger partial charge in [-0.1, -0.05) is 90.5 Å². The molecule has 0 atom stereocenters. The zero-order chi connectivity index (χ0) is 18.4. The summed E-state index contributed by atoms with van der Waals surface area (Å²) in [6.45, 7) is 4.36. The van der Waals surface area contributed by atoms with Crippen LogP contribution in [0.3, 0.4) is 0 Å². The second-order valence-electron chi connectivity index (χ2n) is 7.53. The van der Waals surface area contributed by atoms with Gasteiger partial charge in [-0.25, -0.2) is 0 Å². The molecule has 0 fully saturated rings. The number of aryl methyl sites for hydroxylation is 2. The molecule has 0 nitrogen and oxygen atoms in total. The van der Waals surface area contributed by atoms with Crippen molar-refractivity contribution in [3.63, 3.8) is 0 Å². The Labute approximate surface area is 161 Å². The Morgan fingerprint density at radius 2 is 1.22 bits per heavy atom. The molecule has 0 heteroatoms. The molecule has 0 saturated carbocycles. The molecular weight excluding hydrogens is 324 g/mol. The highest BCUT2D eigenvalue weighted by Gasteiger charge is 2.24. The zero-order valence-corrected chi connectivity index (χ0v) is 15.8. The minimum absolute atomic E-state index is 1.01. The molecule has 0 N–H and O–H groups in total. The lowest BCUT2D eigenvalue weighted by Gasteiger charge is -2.17. The van der Waals surface area contributed by atoms with Crippen LogP contribution in [0.5, 0.6) is 0 Å². The third-order valence-corrected chi connectivity index (χ3v) is 5.76. The molecule has 4 aromatic carbocycles. The van der Waals surface area contributed by atoms with Crippen LogP contribution in [0.25, 0.3) is 33.4 Å². The molecule has 0 spiro atoms. The fraction of sp³-hybridized carbons (Fsp3) is 0.111. The summed E-state index contributed by atoms with van der Waals surface area (Å²) >= 11 is 0. The summed E-state index contributed by atoms with van der Waals surface area (Å²) in [5.41, 5.74) is 13.7. The van der Waals surface area contributed by atoms with E-state index in [0.29, 0.717) is 0 Å². The summed E-state index contributed by atoms with van der Waals surface area (Å²) in [5.74, 6) is 0. The Hall–Kier alpha value is -3.12. The van der Waals surface area contributed by atoms with Crippen LogP contribution in [-0.4, -0.2) is 0 Å². The van der Waals surface area contributed by atoms with E-state index in [1.807, 2.05) is 0 Å². The quantitative estimate of drug-likeness (QED) is 0.317. The van der Waals surface area contributed by atoms with Gasteiger partial charge >= 0.3 is 0 Å². The van der Waals surface area contributed by atoms with Gasteiger partial charge < -0.3 is 0 Å². The number of rotatable bonds is 2. The Morgan fingerprint density at radius 3 is 2.00 bits per heavy atom. The summed E-state index contributed by atoms with van der Waals surface area (Å²) in [4.78, 5) is 0. The average molecular weight is 346 g/mol. The van der Waals surface area contributed by atoms with Crippen molar-refractivity contribution in [3.05, 3.63) is 107 Å². The predicted molar refractivity (Wildman–Crippen MR) is 115 cm³/mol. The minimum atomic E-state index is 1.01. The van der Waals surface area contributed by atoms with Gasteiger partial charge in [-0.3, -0.25) is 0 Å². The van der Waals surface area contributed by atoms with Gasteiger partial charge in [0.15, 0.2) is 0 Å². The number of hydrogen-bond acceptors (Lipinski definition) is 0. The van der Waals surface area contributed by atoms with Crippen molar-refractivity contribution >= 4 is 0 Å². The van der Waals surface area contributed by atoms with E-state index in [1.165, 1.54) is 55.6 Å². The van der Waals surface area contributed by atoms with E-state index in [-0.39, 0.29) is 0 Å². The van der Waals surface area contributed by atoms with Gasteiger partial charge in [0.25, 0.3) is 0 Å². The first-order chi connectivity index (χ1) is 13.2. The smallest absolute Gasteiger partial charge is 0.000706 e. The highest BCUT2D eigenvalue weighted by Crippen LogP contribution is 2.46. The fourth-order valence-corrected chi connectivity index (χ4v) is 4.35. The molecule has 0 bridgehead atoms. The first-order valence-corrected chi connectivity index (χ1v) is 9.59. The first-order valence-electron chi connectivity index (χ1n) is 9.59. The molecule has 0 saturated heterocycles. The molecule has 0 radical (unpaired) electrons. The Morgan fingerprint density at radius 1 is 0.556 bits per heavy atom. The molecular formula is C27H22. The van der Waals surface area contributed by atoms with Crippen LogP contribution in [0.4, 0.5) is 0 Å². The predicted octanol–water partition coefficient (Wildman–Crippen LogP) is 7.21. The monoisotopic (exact) mass is 346 g/mol. The van der Waals surface area contributed by atoms with Crippen molar-refractivity contribution in [2.45, 2.75) is 20.3 Å². The average Bonchev–Trinajstić information content (AvgIpc) is 3.07. The van der Waals surface area contributed by atoms with Gasteiger partial charge in [0, 0.05) is 0 Å². The van der Waals surface area contributed by atoms with E-state index in [4.69, 9.17) is 0 Å². The van der Waals surface area contributed by atoms with Crippen LogP contribution < -0.4 is 0 Å². The van der Waals surface area contributed by atoms with E-state index in [0.717, 1.165) is 6.42 Å². The molecule has 1 aliphatic rings. The Kier molecular flexibility index (Phi) is 3.72. The first kappa shape index (κ1) is 16.1. The molecule has 0 unspecified atom stereocenters. The van der Waals surface area contributed by atoms with Gasteiger partial charge in [0.2, 0.25) is 0 Å². The molecule has 27 heavy (non-hydrogen) atoms. The Bertz CT molecular complexity index is 1150. The number of benzene rings is 4. The van der Waals surface area contributed by atoms with E-state index < -0.39 is 0 Å². The summed E-state index contributed by atoms with van der Waals surface area (Å²) < 4.78 is 0. The van der Waals surface area contributed by atoms with Crippen LogP contribution in [0, 0.1) is 13.8 Å². The van der Waals surface area contributed by atoms with Gasteiger partial charge in [-0.15, -0.1) is 0 Å². The molecule has 0 amide bonds. The van der Waals surface area contributed by atoms with Crippen molar-refractivity contribution in [1.82, 2.24) is 0 Å². The van der Waals surface area contributed by atoms with Crippen molar-refractivity contribution in [3.8, 4) is 33.4 Å². The highest BCUT2D eigenvalue weighted by atomic mass is 14.3. The van der Waals surface area contributed by atoms with Crippen LogP contribution in [0.1, 0.15) is 22.3 Å². The summed E-state index contributed by atoms with van der Waals surface area (Å²) in [5, 5.41) is 0. The molecule has 4 aromatic rings.